The second-order valence-corrected chi connectivity index (χ2v) is 7.80. The van der Waals surface area contributed by atoms with E-state index in [1.54, 1.807) is 24.5 Å². The van der Waals surface area contributed by atoms with Crippen LogP contribution in [0.4, 0.5) is 0 Å². The molecule has 6 heteroatoms. The lowest BCUT2D eigenvalue weighted by Crippen LogP contribution is -2.51. The van der Waals surface area contributed by atoms with Crippen molar-refractivity contribution in [2.24, 2.45) is 0 Å². The zero-order valence-corrected chi connectivity index (χ0v) is 16.9. The highest BCUT2D eigenvalue weighted by atomic mass is 16.3. The Morgan fingerprint density at radius 2 is 1.50 bits per heavy atom. The SMILES string of the molecule is O=C(Cc1ccncc1)NC(CO)C(=O)NC1CCCCCCCCCCC1. The van der Waals surface area contributed by atoms with Crippen molar-refractivity contribution < 1.29 is 14.7 Å². The van der Waals surface area contributed by atoms with E-state index in [9.17, 15) is 14.7 Å². The van der Waals surface area contributed by atoms with Crippen molar-refractivity contribution in [1.82, 2.24) is 15.6 Å². The van der Waals surface area contributed by atoms with Gasteiger partial charge < -0.3 is 15.7 Å². The van der Waals surface area contributed by atoms with Gasteiger partial charge in [-0.15, -0.1) is 0 Å². The second-order valence-electron chi connectivity index (χ2n) is 7.80. The number of amides is 2. The van der Waals surface area contributed by atoms with Gasteiger partial charge in [0.1, 0.15) is 6.04 Å². The number of carbonyl (C=O) groups excluding carboxylic acids is 2. The molecular formula is C22H35N3O3. The highest BCUT2D eigenvalue weighted by molar-refractivity contribution is 5.88. The van der Waals surface area contributed by atoms with E-state index >= 15 is 0 Å². The summed E-state index contributed by atoms with van der Waals surface area (Å²) in [4.78, 5) is 28.7. The van der Waals surface area contributed by atoms with E-state index in [0.29, 0.717) is 0 Å². The number of pyridine rings is 1. The third-order valence-electron chi connectivity index (χ3n) is 5.40. The molecule has 0 spiro atoms. The van der Waals surface area contributed by atoms with E-state index in [-0.39, 0.29) is 24.3 Å². The first-order valence-electron chi connectivity index (χ1n) is 10.8. The molecule has 0 saturated heterocycles. The van der Waals surface area contributed by atoms with Gasteiger partial charge in [-0.3, -0.25) is 14.6 Å². The number of carbonyl (C=O) groups is 2. The van der Waals surface area contributed by atoms with Crippen LogP contribution in [-0.2, 0) is 16.0 Å². The molecule has 0 bridgehead atoms. The summed E-state index contributed by atoms with van der Waals surface area (Å²) in [6.07, 6.45) is 16.5. The van der Waals surface area contributed by atoms with E-state index < -0.39 is 12.6 Å². The maximum Gasteiger partial charge on any atom is 0.245 e. The lowest BCUT2D eigenvalue weighted by atomic mass is 9.97. The van der Waals surface area contributed by atoms with Gasteiger partial charge in [0.05, 0.1) is 13.0 Å². The second kappa shape index (κ2) is 13.3. The lowest BCUT2D eigenvalue weighted by molar-refractivity contribution is -0.130. The monoisotopic (exact) mass is 389 g/mol. The summed E-state index contributed by atoms with van der Waals surface area (Å²) in [5.74, 6) is -0.568. The minimum absolute atomic E-state index is 0.123. The van der Waals surface area contributed by atoms with Crippen molar-refractivity contribution in [2.75, 3.05) is 6.61 Å². The number of nitrogens with one attached hydrogen (secondary N) is 2. The van der Waals surface area contributed by atoms with Crippen LogP contribution in [0.1, 0.15) is 76.2 Å². The molecule has 2 rings (SSSR count). The van der Waals surface area contributed by atoms with Crippen LogP contribution < -0.4 is 10.6 Å². The molecule has 1 atom stereocenters. The Kier molecular flexibility index (Phi) is 10.6. The smallest absolute Gasteiger partial charge is 0.245 e. The quantitative estimate of drug-likeness (QED) is 0.698. The van der Waals surface area contributed by atoms with Gasteiger partial charge in [-0.1, -0.05) is 57.8 Å². The number of aromatic nitrogens is 1. The van der Waals surface area contributed by atoms with E-state index in [1.807, 2.05) is 0 Å². The highest BCUT2D eigenvalue weighted by Gasteiger charge is 2.22. The summed E-state index contributed by atoms with van der Waals surface area (Å²) in [5, 5.41) is 15.3. The van der Waals surface area contributed by atoms with E-state index in [4.69, 9.17) is 0 Å². The number of hydrogen-bond acceptors (Lipinski definition) is 4. The molecule has 0 radical (unpaired) electrons. The Morgan fingerprint density at radius 1 is 0.964 bits per heavy atom. The number of aliphatic hydroxyl groups is 1. The van der Waals surface area contributed by atoms with Gasteiger partial charge >= 0.3 is 0 Å². The summed E-state index contributed by atoms with van der Waals surface area (Å²) in [6, 6.07) is 2.74. The molecule has 1 aliphatic rings. The predicted molar refractivity (Wildman–Crippen MR) is 110 cm³/mol. The fourth-order valence-corrected chi connectivity index (χ4v) is 3.73. The van der Waals surface area contributed by atoms with E-state index in [1.165, 1.54) is 44.9 Å². The molecule has 28 heavy (non-hydrogen) atoms. The number of nitrogens with zero attached hydrogens (tertiary/aromatic N) is 1. The van der Waals surface area contributed by atoms with E-state index in [0.717, 1.165) is 31.2 Å². The van der Waals surface area contributed by atoms with Crippen LogP contribution in [0.15, 0.2) is 24.5 Å². The van der Waals surface area contributed by atoms with Crippen LogP contribution in [-0.4, -0.2) is 40.6 Å². The number of aliphatic hydroxyl groups excluding tert-OH is 1. The third-order valence-corrected chi connectivity index (χ3v) is 5.40. The minimum atomic E-state index is -0.907. The molecule has 156 valence electrons. The standard InChI is InChI=1S/C22H35N3O3/c26-17-20(25-21(27)16-18-12-14-23-15-13-18)22(28)24-19-10-8-6-4-2-1-3-5-7-9-11-19/h12-15,19-20,26H,1-11,16-17H2,(H,24,28)(H,25,27). The summed E-state index contributed by atoms with van der Waals surface area (Å²) < 4.78 is 0. The van der Waals surface area contributed by atoms with Crippen LogP contribution in [0, 0.1) is 0 Å². The normalized spacial score (nSPS) is 18.3. The van der Waals surface area contributed by atoms with Gasteiger partial charge in [0.25, 0.3) is 0 Å². The van der Waals surface area contributed by atoms with Gasteiger partial charge in [-0.25, -0.2) is 0 Å². The summed E-state index contributed by atoms with van der Waals surface area (Å²) in [5.41, 5.74) is 0.823. The number of hydrogen-bond donors (Lipinski definition) is 3. The molecule has 6 nitrogen and oxygen atoms in total. The van der Waals surface area contributed by atoms with Gasteiger partial charge in [0.2, 0.25) is 11.8 Å². The lowest BCUT2D eigenvalue weighted by Gasteiger charge is -2.23. The maximum atomic E-state index is 12.6. The van der Waals surface area contributed by atoms with Crippen LogP contribution in [0.3, 0.4) is 0 Å². The first-order valence-corrected chi connectivity index (χ1v) is 10.8. The Morgan fingerprint density at radius 3 is 2.04 bits per heavy atom. The van der Waals surface area contributed by atoms with Crippen LogP contribution in [0.2, 0.25) is 0 Å². The van der Waals surface area contributed by atoms with Crippen molar-refractivity contribution in [1.29, 1.82) is 0 Å². The van der Waals surface area contributed by atoms with Crippen LogP contribution >= 0.6 is 0 Å². The average Bonchev–Trinajstić information content (AvgIpc) is 2.69. The minimum Gasteiger partial charge on any atom is -0.394 e. The van der Waals surface area contributed by atoms with Gasteiger partial charge in [-0.05, 0) is 30.5 Å². The van der Waals surface area contributed by atoms with Gasteiger partial charge in [0, 0.05) is 18.4 Å². The fourth-order valence-electron chi connectivity index (χ4n) is 3.73. The van der Waals surface area contributed by atoms with Crippen molar-refractivity contribution in [3.63, 3.8) is 0 Å². The topological polar surface area (TPSA) is 91.3 Å². The van der Waals surface area contributed by atoms with Crippen molar-refractivity contribution in [3.05, 3.63) is 30.1 Å². The summed E-state index contributed by atoms with van der Waals surface area (Å²) in [6.45, 7) is -0.402. The maximum absolute atomic E-state index is 12.6. The fraction of sp³-hybridized carbons (Fsp3) is 0.682. The molecular weight excluding hydrogens is 354 g/mol. The molecule has 1 heterocycles. The molecule has 3 N–H and O–H groups in total. The summed E-state index contributed by atoms with van der Waals surface area (Å²) >= 11 is 0. The zero-order valence-electron chi connectivity index (χ0n) is 16.9. The van der Waals surface area contributed by atoms with Crippen molar-refractivity contribution >= 4 is 11.8 Å². The highest BCUT2D eigenvalue weighted by Crippen LogP contribution is 2.17. The molecule has 1 unspecified atom stereocenters. The predicted octanol–water partition coefficient (Wildman–Crippen LogP) is 2.89. The molecule has 1 aromatic heterocycles. The Bertz CT molecular complexity index is 568. The summed E-state index contributed by atoms with van der Waals surface area (Å²) in [7, 11) is 0. The molecule has 1 fully saturated rings. The molecule has 2 amide bonds. The molecule has 1 aromatic rings. The van der Waals surface area contributed by atoms with Crippen molar-refractivity contribution in [3.8, 4) is 0 Å². The average molecular weight is 390 g/mol. The van der Waals surface area contributed by atoms with Gasteiger partial charge in [0.15, 0.2) is 0 Å². The first kappa shape index (κ1) is 22.3. The molecule has 0 aliphatic heterocycles. The largest absolute Gasteiger partial charge is 0.394 e. The van der Waals surface area contributed by atoms with Gasteiger partial charge in [-0.2, -0.15) is 0 Å². The Hall–Kier alpha value is -1.95. The zero-order chi connectivity index (χ0) is 20.0. The Labute approximate surface area is 168 Å². The van der Waals surface area contributed by atoms with Crippen molar-refractivity contribution in [2.45, 2.75) is 89.1 Å². The molecule has 0 aromatic carbocycles. The third kappa shape index (κ3) is 8.83. The molecule has 1 aliphatic carbocycles. The van der Waals surface area contributed by atoms with Crippen LogP contribution in [0.25, 0.3) is 0 Å². The van der Waals surface area contributed by atoms with E-state index in [2.05, 4.69) is 15.6 Å². The Balaban J connectivity index is 1.82. The molecule has 1 saturated carbocycles. The number of rotatable bonds is 6. The van der Waals surface area contributed by atoms with Crippen LogP contribution in [0.5, 0.6) is 0 Å². The first-order chi connectivity index (χ1) is 13.7.